The Morgan fingerprint density at radius 1 is 1.36 bits per heavy atom. The molecular formula is C7H15ClO3. The number of aliphatic hydroxyl groups is 1. The van der Waals surface area contributed by atoms with E-state index in [1.807, 2.05) is 6.92 Å². The maximum Gasteiger partial charge on any atom is 0.161 e. The topological polar surface area (TPSA) is 38.7 Å². The summed E-state index contributed by atoms with van der Waals surface area (Å²) in [7, 11) is 3.07. The molecule has 11 heavy (non-hydrogen) atoms. The second-order valence-electron chi connectivity index (χ2n) is 2.42. The van der Waals surface area contributed by atoms with Gasteiger partial charge in [0.05, 0.1) is 6.10 Å². The highest BCUT2D eigenvalue weighted by Crippen LogP contribution is 2.13. The van der Waals surface area contributed by atoms with Crippen LogP contribution in [0, 0.1) is 5.92 Å². The molecule has 1 N–H and O–H groups in total. The number of aliphatic hydroxyl groups excluding tert-OH is 1. The normalized spacial score (nSPS) is 16.9. The standard InChI is InChI=1S/C7H15ClO3/c1-5(6(9)4-8)7(10-2)11-3/h5-7,9H,4H2,1-3H3/t5-,6-/m0/s1. The highest BCUT2D eigenvalue weighted by Gasteiger charge is 2.22. The number of halogens is 1. The molecule has 0 fully saturated rings. The van der Waals surface area contributed by atoms with Gasteiger partial charge in [-0.25, -0.2) is 0 Å². The van der Waals surface area contributed by atoms with Crippen molar-refractivity contribution in [2.24, 2.45) is 5.92 Å². The lowest BCUT2D eigenvalue weighted by atomic mass is 10.1. The van der Waals surface area contributed by atoms with Gasteiger partial charge in [-0.1, -0.05) is 6.92 Å². The molecule has 0 rings (SSSR count). The molecule has 0 bridgehead atoms. The number of ether oxygens (including phenoxy) is 2. The monoisotopic (exact) mass is 182 g/mol. The lowest BCUT2D eigenvalue weighted by molar-refractivity contribution is -0.152. The van der Waals surface area contributed by atoms with Gasteiger partial charge in [0.1, 0.15) is 0 Å². The van der Waals surface area contributed by atoms with Crippen LogP contribution in [-0.2, 0) is 9.47 Å². The Bertz CT molecular complexity index is 95.7. The van der Waals surface area contributed by atoms with Crippen molar-refractivity contribution in [2.45, 2.75) is 19.3 Å². The smallest absolute Gasteiger partial charge is 0.161 e. The summed E-state index contributed by atoms with van der Waals surface area (Å²) in [5.41, 5.74) is 0. The van der Waals surface area contributed by atoms with Crippen molar-refractivity contribution in [1.82, 2.24) is 0 Å². The van der Waals surface area contributed by atoms with Gasteiger partial charge in [-0.2, -0.15) is 0 Å². The zero-order chi connectivity index (χ0) is 8.85. The maximum absolute atomic E-state index is 9.27. The first-order valence-electron chi connectivity index (χ1n) is 3.47. The van der Waals surface area contributed by atoms with Gasteiger partial charge in [-0.3, -0.25) is 0 Å². The molecule has 0 spiro atoms. The van der Waals surface area contributed by atoms with E-state index in [2.05, 4.69) is 0 Å². The molecule has 0 aromatic heterocycles. The highest BCUT2D eigenvalue weighted by atomic mass is 35.5. The molecule has 0 amide bonds. The minimum atomic E-state index is -0.582. The highest BCUT2D eigenvalue weighted by molar-refractivity contribution is 6.18. The number of hydrogen-bond donors (Lipinski definition) is 1. The first-order chi connectivity index (χ1) is 5.17. The summed E-state index contributed by atoms with van der Waals surface area (Å²) in [5.74, 6) is 0.0900. The van der Waals surface area contributed by atoms with Crippen LogP contribution in [0.15, 0.2) is 0 Å². The lowest BCUT2D eigenvalue weighted by Gasteiger charge is -2.24. The number of alkyl halides is 1. The molecule has 0 saturated carbocycles. The average Bonchev–Trinajstić information content (AvgIpc) is 2.05. The molecule has 0 unspecified atom stereocenters. The van der Waals surface area contributed by atoms with Crippen LogP contribution >= 0.6 is 11.6 Å². The Kier molecular flexibility index (Phi) is 5.86. The quantitative estimate of drug-likeness (QED) is 0.506. The molecule has 0 aliphatic rings. The summed E-state index contributed by atoms with van der Waals surface area (Å²) < 4.78 is 9.89. The van der Waals surface area contributed by atoms with Crippen molar-refractivity contribution >= 4 is 11.6 Å². The van der Waals surface area contributed by atoms with Crippen molar-refractivity contribution in [2.75, 3.05) is 20.1 Å². The summed E-state index contributed by atoms with van der Waals surface area (Å²) in [5, 5.41) is 9.27. The van der Waals surface area contributed by atoms with Crippen LogP contribution in [0.4, 0.5) is 0 Å². The van der Waals surface area contributed by atoms with E-state index in [0.717, 1.165) is 0 Å². The van der Waals surface area contributed by atoms with E-state index in [9.17, 15) is 5.11 Å². The van der Waals surface area contributed by atoms with Crippen molar-refractivity contribution < 1.29 is 14.6 Å². The first kappa shape index (κ1) is 11.2. The van der Waals surface area contributed by atoms with Gasteiger partial charge >= 0.3 is 0 Å². The van der Waals surface area contributed by atoms with Gasteiger partial charge in [0, 0.05) is 26.0 Å². The zero-order valence-electron chi connectivity index (χ0n) is 7.08. The second-order valence-corrected chi connectivity index (χ2v) is 2.73. The van der Waals surface area contributed by atoms with Crippen LogP contribution < -0.4 is 0 Å². The third-order valence-corrected chi connectivity index (χ3v) is 1.98. The predicted molar refractivity (Wildman–Crippen MR) is 43.7 cm³/mol. The molecule has 2 atom stereocenters. The Morgan fingerprint density at radius 3 is 2.09 bits per heavy atom. The van der Waals surface area contributed by atoms with Gasteiger partial charge in [0.15, 0.2) is 6.29 Å². The number of hydrogen-bond acceptors (Lipinski definition) is 3. The molecule has 4 heteroatoms. The number of methoxy groups -OCH3 is 2. The molecule has 0 aromatic carbocycles. The summed E-state index contributed by atoms with van der Waals surface area (Å²) in [6, 6.07) is 0. The van der Waals surface area contributed by atoms with Gasteiger partial charge in [-0.15, -0.1) is 11.6 Å². The molecule has 3 nitrogen and oxygen atoms in total. The zero-order valence-corrected chi connectivity index (χ0v) is 7.84. The Labute approximate surface area is 72.3 Å². The van der Waals surface area contributed by atoms with Crippen LogP contribution in [0.5, 0.6) is 0 Å². The van der Waals surface area contributed by atoms with Crippen LogP contribution in [0.1, 0.15) is 6.92 Å². The largest absolute Gasteiger partial charge is 0.391 e. The summed E-state index contributed by atoms with van der Waals surface area (Å²) in [6.07, 6.45) is -0.967. The fraction of sp³-hybridized carbons (Fsp3) is 1.00. The van der Waals surface area contributed by atoms with Crippen molar-refractivity contribution in [1.29, 1.82) is 0 Å². The van der Waals surface area contributed by atoms with E-state index in [-0.39, 0.29) is 18.1 Å². The van der Waals surface area contributed by atoms with E-state index in [1.165, 1.54) is 14.2 Å². The van der Waals surface area contributed by atoms with Crippen LogP contribution in [0.2, 0.25) is 0 Å². The van der Waals surface area contributed by atoms with E-state index in [0.29, 0.717) is 0 Å². The molecule has 0 aromatic rings. The molecule has 0 aliphatic heterocycles. The first-order valence-corrected chi connectivity index (χ1v) is 4.00. The van der Waals surface area contributed by atoms with E-state index in [1.54, 1.807) is 0 Å². The van der Waals surface area contributed by atoms with E-state index < -0.39 is 6.10 Å². The third-order valence-electron chi connectivity index (χ3n) is 1.66. The third kappa shape index (κ3) is 3.38. The minimum absolute atomic E-state index is 0.109. The summed E-state index contributed by atoms with van der Waals surface area (Å²) in [4.78, 5) is 0. The fourth-order valence-corrected chi connectivity index (χ4v) is 1.13. The Hall–Kier alpha value is 0.170. The molecular weight excluding hydrogens is 168 g/mol. The molecule has 0 heterocycles. The number of rotatable bonds is 5. The van der Waals surface area contributed by atoms with Crippen molar-refractivity contribution in [3.63, 3.8) is 0 Å². The van der Waals surface area contributed by atoms with E-state index in [4.69, 9.17) is 21.1 Å². The summed E-state index contributed by atoms with van der Waals surface area (Å²) >= 11 is 5.44. The second kappa shape index (κ2) is 5.77. The average molecular weight is 183 g/mol. The lowest BCUT2D eigenvalue weighted by Crippen LogP contribution is -2.33. The molecule has 0 aliphatic carbocycles. The van der Waals surface area contributed by atoms with Crippen LogP contribution in [0.25, 0.3) is 0 Å². The SMILES string of the molecule is COC(OC)[C@@H](C)[C@@H](O)CCl. The van der Waals surface area contributed by atoms with Gasteiger partial charge < -0.3 is 14.6 Å². The Balaban J connectivity index is 3.86. The molecule has 0 radical (unpaired) electrons. The van der Waals surface area contributed by atoms with Gasteiger partial charge in [0.2, 0.25) is 0 Å². The predicted octanol–water partition coefficient (Wildman–Crippen LogP) is 0.841. The van der Waals surface area contributed by atoms with Crippen molar-refractivity contribution in [3.8, 4) is 0 Å². The summed E-state index contributed by atoms with van der Waals surface area (Å²) in [6.45, 7) is 1.82. The van der Waals surface area contributed by atoms with Gasteiger partial charge in [-0.05, 0) is 0 Å². The minimum Gasteiger partial charge on any atom is -0.391 e. The van der Waals surface area contributed by atoms with Crippen LogP contribution in [-0.4, -0.2) is 37.6 Å². The molecule has 68 valence electrons. The van der Waals surface area contributed by atoms with E-state index >= 15 is 0 Å². The molecule has 0 saturated heterocycles. The fourth-order valence-electron chi connectivity index (χ4n) is 0.847. The van der Waals surface area contributed by atoms with Crippen LogP contribution in [0.3, 0.4) is 0 Å². The van der Waals surface area contributed by atoms with Gasteiger partial charge in [0.25, 0.3) is 0 Å². The van der Waals surface area contributed by atoms with Crippen molar-refractivity contribution in [3.05, 3.63) is 0 Å². The maximum atomic E-state index is 9.27. The Morgan fingerprint density at radius 2 is 1.82 bits per heavy atom.